The smallest absolute Gasteiger partial charge is 0.491 e. The molecule has 0 atom stereocenters. The van der Waals surface area contributed by atoms with E-state index in [0.717, 1.165) is 43.8 Å². The van der Waals surface area contributed by atoms with E-state index >= 15 is 0 Å². The van der Waals surface area contributed by atoms with Gasteiger partial charge in [0.25, 0.3) is 0 Å². The van der Waals surface area contributed by atoms with Crippen molar-refractivity contribution in [2.45, 2.75) is 0 Å². The molecule has 2 aliphatic rings. The second-order valence-electron chi connectivity index (χ2n) is 11.9. The Balaban J connectivity index is 0.00000387. The van der Waals surface area contributed by atoms with Crippen molar-refractivity contribution >= 4 is 44.1 Å². The first-order chi connectivity index (χ1) is 25.2. The SMILES string of the molecule is COCCOCCOCCOc1ccc2c(c1)-c1nc-2nc2[n-]c(nc3nc(nc4[n-]c(n1)c1ccccc41)-c1ccccc1-3)c1ccccc21.[Zn+2]. The first-order valence-corrected chi connectivity index (χ1v) is 16.6. The van der Waals surface area contributed by atoms with Gasteiger partial charge in [-0.15, -0.1) is 0 Å². The van der Waals surface area contributed by atoms with Gasteiger partial charge in [-0.2, -0.15) is 0 Å². The number of ether oxygens (including phenoxy) is 4. The van der Waals surface area contributed by atoms with Crippen molar-refractivity contribution in [1.82, 2.24) is 39.9 Å². The molecule has 4 aromatic carbocycles. The molecule has 12 nitrogen and oxygen atoms in total. The van der Waals surface area contributed by atoms with Crippen molar-refractivity contribution < 1.29 is 38.4 Å². The van der Waals surface area contributed by atoms with E-state index in [1.165, 1.54) is 0 Å². The molecule has 52 heavy (non-hydrogen) atoms. The fraction of sp³-hybridized carbons (Fsp3) is 0.179. The summed E-state index contributed by atoms with van der Waals surface area (Å²) in [6.45, 7) is 2.84. The Morgan fingerprint density at radius 2 is 0.846 bits per heavy atom. The second kappa shape index (κ2) is 14.6. The minimum absolute atomic E-state index is 0. The van der Waals surface area contributed by atoms with E-state index in [1.54, 1.807) is 7.11 Å². The maximum absolute atomic E-state index is 6.08. The van der Waals surface area contributed by atoms with Crippen LogP contribution in [0.3, 0.4) is 0 Å². The Bertz CT molecular complexity index is 2600. The van der Waals surface area contributed by atoms with Crippen molar-refractivity contribution in [2.24, 2.45) is 0 Å². The zero-order chi connectivity index (χ0) is 34.1. The number of methoxy groups -OCH3 is 1. The molecule has 0 saturated heterocycles. The van der Waals surface area contributed by atoms with Gasteiger partial charge >= 0.3 is 19.5 Å². The van der Waals surface area contributed by atoms with Crippen molar-refractivity contribution in [3.8, 4) is 51.3 Å². The molecule has 0 spiro atoms. The van der Waals surface area contributed by atoms with Crippen LogP contribution in [0.4, 0.5) is 0 Å². The van der Waals surface area contributed by atoms with E-state index in [2.05, 4.69) is 0 Å². The molecular formula is C39H30N8O4Zn. The van der Waals surface area contributed by atoms with Gasteiger partial charge in [0.2, 0.25) is 0 Å². The van der Waals surface area contributed by atoms with Crippen molar-refractivity contribution in [1.29, 1.82) is 0 Å². The third-order valence-corrected chi connectivity index (χ3v) is 8.69. The maximum atomic E-state index is 6.08. The summed E-state index contributed by atoms with van der Waals surface area (Å²) in [6.07, 6.45) is 0. The van der Waals surface area contributed by atoms with Crippen LogP contribution in [0.25, 0.3) is 89.7 Å². The van der Waals surface area contributed by atoms with Crippen LogP contribution < -0.4 is 14.7 Å². The summed E-state index contributed by atoms with van der Waals surface area (Å²) in [6, 6.07) is 29.5. The van der Waals surface area contributed by atoms with Gasteiger partial charge in [-0.1, -0.05) is 72.8 Å². The Kier molecular flexibility index (Phi) is 9.49. The zero-order valence-electron chi connectivity index (χ0n) is 28.3. The topological polar surface area (TPSA) is 142 Å². The molecule has 13 heteroatoms. The molecule has 0 unspecified atom stereocenters. The summed E-state index contributed by atoms with van der Waals surface area (Å²) in [5.74, 6) is 2.65. The molecule has 3 aromatic heterocycles. The van der Waals surface area contributed by atoms with E-state index in [4.69, 9.17) is 58.8 Å². The number of hydrogen-bond acceptors (Lipinski definition) is 10. The largest absolute Gasteiger partial charge is 2.00 e. The van der Waals surface area contributed by atoms with Gasteiger partial charge in [-0.3, -0.25) is 0 Å². The Labute approximate surface area is 310 Å². The van der Waals surface area contributed by atoms with E-state index in [-0.39, 0.29) is 19.5 Å². The van der Waals surface area contributed by atoms with Gasteiger partial charge in [0, 0.05) is 52.0 Å². The first-order valence-electron chi connectivity index (χ1n) is 16.6. The molecule has 9 rings (SSSR count). The summed E-state index contributed by atoms with van der Waals surface area (Å²) in [5.41, 5.74) is 5.34. The van der Waals surface area contributed by atoms with Gasteiger partial charge in [-0.25, -0.2) is 9.97 Å². The molecular weight excluding hydrogens is 710 g/mol. The predicted octanol–water partition coefficient (Wildman–Crippen LogP) is 6.18. The summed E-state index contributed by atoms with van der Waals surface area (Å²) >= 11 is 0. The van der Waals surface area contributed by atoms with Crippen LogP contribution in [-0.4, -0.2) is 76.7 Å². The van der Waals surface area contributed by atoms with E-state index in [9.17, 15) is 0 Å². The number of rotatable bonds is 10. The molecule has 8 bridgehead atoms. The van der Waals surface area contributed by atoms with Crippen LogP contribution in [0, 0.1) is 0 Å². The Morgan fingerprint density at radius 3 is 1.33 bits per heavy atom. The molecule has 0 aliphatic carbocycles. The summed E-state index contributed by atoms with van der Waals surface area (Å²) in [7, 11) is 1.65. The van der Waals surface area contributed by atoms with Crippen LogP contribution in [0.15, 0.2) is 91.0 Å². The minimum atomic E-state index is 0. The van der Waals surface area contributed by atoms with Crippen LogP contribution in [0.5, 0.6) is 5.75 Å². The fourth-order valence-electron chi connectivity index (χ4n) is 6.26. The fourth-order valence-corrected chi connectivity index (χ4v) is 6.26. The van der Waals surface area contributed by atoms with E-state index < -0.39 is 0 Å². The van der Waals surface area contributed by atoms with Crippen LogP contribution in [0.1, 0.15) is 0 Å². The third-order valence-electron chi connectivity index (χ3n) is 8.69. The van der Waals surface area contributed by atoms with Crippen molar-refractivity contribution in [3.05, 3.63) is 91.0 Å². The maximum Gasteiger partial charge on any atom is 2.00 e. The van der Waals surface area contributed by atoms with Gasteiger partial charge in [0.1, 0.15) is 12.4 Å². The summed E-state index contributed by atoms with van der Waals surface area (Å²) < 4.78 is 22.2. The number of aromatic nitrogens is 8. The van der Waals surface area contributed by atoms with Crippen LogP contribution >= 0.6 is 0 Å². The Morgan fingerprint density at radius 1 is 0.442 bits per heavy atom. The molecule has 252 valence electrons. The van der Waals surface area contributed by atoms with E-state index in [1.807, 2.05) is 91.0 Å². The third kappa shape index (κ3) is 6.33. The number of nitrogens with zero attached hydrogens (tertiary/aromatic N) is 8. The van der Waals surface area contributed by atoms with Crippen LogP contribution in [0.2, 0.25) is 0 Å². The van der Waals surface area contributed by atoms with Crippen LogP contribution in [-0.2, 0) is 33.7 Å². The molecule has 7 aromatic rings. The molecule has 5 heterocycles. The van der Waals surface area contributed by atoms with Gasteiger partial charge in [0.05, 0.1) is 56.3 Å². The van der Waals surface area contributed by atoms with Crippen molar-refractivity contribution in [2.75, 3.05) is 46.8 Å². The molecule has 0 fully saturated rings. The molecule has 0 N–H and O–H groups in total. The number of benzene rings is 4. The van der Waals surface area contributed by atoms with Crippen molar-refractivity contribution in [3.63, 3.8) is 0 Å². The number of fused-ring (bicyclic) bond motifs is 20. The van der Waals surface area contributed by atoms with Gasteiger partial charge < -0.3 is 48.9 Å². The molecule has 2 aliphatic heterocycles. The minimum Gasteiger partial charge on any atom is -0.491 e. The average Bonchev–Trinajstić information content (AvgIpc) is 3.90. The second-order valence-corrected chi connectivity index (χ2v) is 11.9. The predicted molar refractivity (Wildman–Crippen MR) is 193 cm³/mol. The summed E-state index contributed by atoms with van der Waals surface area (Å²) in [4.78, 5) is 39.7. The van der Waals surface area contributed by atoms with E-state index in [0.29, 0.717) is 91.3 Å². The molecule has 0 amide bonds. The average molecular weight is 740 g/mol. The first kappa shape index (κ1) is 33.7. The summed E-state index contributed by atoms with van der Waals surface area (Å²) in [5, 5.41) is 3.42. The van der Waals surface area contributed by atoms with Gasteiger partial charge in [-0.05, 0) is 39.7 Å². The standard InChI is InChI=1S/C39H30N8O4.Zn/c1-48-16-17-49-18-19-50-20-21-51-23-14-15-30-31(22-23)39-46-37-29-13-7-6-12-28(29)35(44-37)42-33-25-9-3-2-8-24(25)32(40-33)41-34-26-10-4-5-11-27(26)36(43-34)45-38(30)47-39;/h2-15,22H,16-21H2,1H3;/q-2;+2. The normalized spacial score (nSPS) is 11.7. The molecule has 0 radical (unpaired) electrons. The zero-order valence-corrected chi connectivity index (χ0v) is 31.3. The number of hydrogen-bond donors (Lipinski definition) is 0. The van der Waals surface area contributed by atoms with Gasteiger partial charge in [0.15, 0.2) is 0 Å². The quantitative estimate of drug-likeness (QED) is 0.117. The molecule has 0 saturated carbocycles. The monoisotopic (exact) mass is 738 g/mol. The Hall–Kier alpha value is -5.46.